The van der Waals surface area contributed by atoms with Crippen molar-refractivity contribution in [3.63, 3.8) is 0 Å². The van der Waals surface area contributed by atoms with Crippen LogP contribution in [0, 0.1) is 0 Å². The van der Waals surface area contributed by atoms with E-state index in [0.29, 0.717) is 9.47 Å². The number of hydrogen-bond donors (Lipinski definition) is 2. The minimum atomic E-state index is -1.24. The van der Waals surface area contributed by atoms with Crippen molar-refractivity contribution in [2.75, 3.05) is 18.0 Å². The first-order valence-electron chi connectivity index (χ1n) is 7.33. The first kappa shape index (κ1) is 19.4. The summed E-state index contributed by atoms with van der Waals surface area (Å²) in [5.74, 6) is -1.49. The van der Waals surface area contributed by atoms with Crippen LogP contribution in [0.1, 0.15) is 8.35 Å². The Bertz CT molecular complexity index is 836. The third-order valence-corrected chi connectivity index (χ3v) is 6.25. The maximum Gasteiger partial charge on any atom is 1.00 e. The van der Waals surface area contributed by atoms with Gasteiger partial charge >= 0.3 is 35.5 Å². The molecule has 0 spiro atoms. The molecule has 0 unspecified atom stereocenters. The van der Waals surface area contributed by atoms with Gasteiger partial charge in [-0.05, 0) is 0 Å². The number of aliphatic carboxylic acids is 1. The van der Waals surface area contributed by atoms with Crippen LogP contribution in [-0.2, 0) is 19.1 Å². The summed E-state index contributed by atoms with van der Waals surface area (Å²) in [6.45, 7) is 1.65. The summed E-state index contributed by atoms with van der Waals surface area (Å²) in [4.78, 5) is 38.5. The fourth-order valence-corrected chi connectivity index (χ4v) is 4.96. The Morgan fingerprint density at radius 2 is 2.23 bits per heavy atom. The standard InChI is InChI=1S/C13H13N5O5S2.Na.H/c1-4(19)17-2-5-7-9(17)10(20)18(7)8(11(21)22)6(23-5)3-24-13-16-15-12(14)25-13;;/h5,7,9H,2-3H2,1H3,(H2,14,15)(H,21,22);;/q;+1;-1/t5-,7-,9+;;/m1../s1. The number of likely N-dealkylation sites (tertiary alicyclic amines) is 1. The first-order valence-corrected chi connectivity index (χ1v) is 9.14. The minimum Gasteiger partial charge on any atom is -1.00 e. The maximum atomic E-state index is 12.4. The molecule has 0 saturated carbocycles. The van der Waals surface area contributed by atoms with E-state index in [1.54, 1.807) is 0 Å². The monoisotopic (exact) mass is 407 g/mol. The normalized spacial score (nSPS) is 26.0. The summed E-state index contributed by atoms with van der Waals surface area (Å²) < 4.78 is 6.43. The summed E-state index contributed by atoms with van der Waals surface area (Å²) in [6, 6.07) is -1.07. The molecule has 0 bridgehead atoms. The van der Waals surface area contributed by atoms with Crippen molar-refractivity contribution in [2.24, 2.45) is 0 Å². The van der Waals surface area contributed by atoms with Crippen LogP contribution in [0.15, 0.2) is 15.8 Å². The van der Waals surface area contributed by atoms with Crippen molar-refractivity contribution >= 4 is 46.0 Å². The van der Waals surface area contributed by atoms with E-state index in [2.05, 4.69) is 10.2 Å². The molecule has 2 fully saturated rings. The number of amides is 2. The molecule has 1 aromatic heterocycles. The Balaban J connectivity index is 0.00000131. The zero-order valence-corrected chi connectivity index (χ0v) is 17.5. The van der Waals surface area contributed by atoms with Crippen LogP contribution in [0.3, 0.4) is 0 Å². The largest absolute Gasteiger partial charge is 1.00 e. The number of nitrogens with two attached hydrogens (primary N) is 1. The number of nitrogens with zero attached hydrogens (tertiary/aromatic N) is 4. The van der Waals surface area contributed by atoms with E-state index in [9.17, 15) is 19.5 Å². The molecular formula is C13H14N5NaO5S2. The third kappa shape index (κ3) is 2.89. The van der Waals surface area contributed by atoms with Gasteiger partial charge in [-0.1, -0.05) is 23.1 Å². The quantitative estimate of drug-likeness (QED) is 0.295. The number of carbonyl (C=O) groups excluding carboxylic acids is 2. The Morgan fingerprint density at radius 3 is 2.81 bits per heavy atom. The summed E-state index contributed by atoms with van der Waals surface area (Å²) in [7, 11) is 0. The first-order chi connectivity index (χ1) is 11.9. The number of thioether (sulfide) groups is 1. The number of hydrogen-bond acceptors (Lipinski definition) is 9. The number of carboxylic acid groups (broad SMARTS) is 1. The number of β-lactam (4-membered cyclic amide) rings is 1. The SMILES string of the molecule is CC(=O)N1C[C@H]2OC(CSc3nnc(N)s3)=C(C(=O)O)N3C(=O)[C@@H]1[C@@H]23.[H-].[Na+]. The molecule has 2 amide bonds. The van der Waals surface area contributed by atoms with E-state index in [1.807, 2.05) is 0 Å². The molecule has 3 aliphatic rings. The molecule has 3 atom stereocenters. The number of anilines is 1. The van der Waals surface area contributed by atoms with E-state index in [4.69, 9.17) is 10.5 Å². The smallest absolute Gasteiger partial charge is 1.00 e. The zero-order chi connectivity index (χ0) is 17.9. The number of ether oxygens (including phenoxy) is 1. The van der Waals surface area contributed by atoms with E-state index >= 15 is 0 Å². The Labute approximate surface area is 179 Å². The van der Waals surface area contributed by atoms with Gasteiger partial charge in [-0.25, -0.2) is 4.79 Å². The predicted molar refractivity (Wildman–Crippen MR) is 87.5 cm³/mol. The van der Waals surface area contributed by atoms with Crippen LogP contribution >= 0.6 is 23.1 Å². The number of aromatic nitrogens is 2. The Kier molecular flexibility index (Phi) is 5.23. The van der Waals surface area contributed by atoms with Gasteiger partial charge in [-0.2, -0.15) is 0 Å². The zero-order valence-electron chi connectivity index (χ0n) is 14.9. The van der Waals surface area contributed by atoms with E-state index in [0.717, 1.165) is 0 Å². The Morgan fingerprint density at radius 1 is 1.50 bits per heavy atom. The molecule has 3 aliphatic heterocycles. The predicted octanol–water partition coefficient (Wildman–Crippen LogP) is -3.53. The van der Waals surface area contributed by atoms with Crippen LogP contribution < -0.4 is 35.3 Å². The fraction of sp³-hybridized carbons (Fsp3) is 0.462. The molecule has 0 aliphatic carbocycles. The van der Waals surface area contributed by atoms with Crippen molar-refractivity contribution in [1.82, 2.24) is 20.0 Å². The number of carboxylic acids is 1. The van der Waals surface area contributed by atoms with E-state index in [-0.39, 0.29) is 66.6 Å². The number of rotatable bonds is 4. The molecule has 4 rings (SSSR count). The van der Waals surface area contributed by atoms with Gasteiger partial charge in [0.25, 0.3) is 5.91 Å². The average molecular weight is 407 g/mol. The molecule has 26 heavy (non-hydrogen) atoms. The molecule has 0 aromatic carbocycles. The van der Waals surface area contributed by atoms with Crippen molar-refractivity contribution < 1.29 is 55.2 Å². The molecule has 3 N–H and O–H groups in total. The van der Waals surface area contributed by atoms with Crippen LogP contribution in [0.2, 0.25) is 0 Å². The van der Waals surface area contributed by atoms with Crippen molar-refractivity contribution in [2.45, 2.75) is 29.5 Å². The van der Waals surface area contributed by atoms with Crippen LogP contribution in [0.4, 0.5) is 5.13 Å². The summed E-state index contributed by atoms with van der Waals surface area (Å²) in [6.07, 6.45) is -0.426. The molecule has 4 heterocycles. The van der Waals surface area contributed by atoms with Gasteiger partial charge in [0, 0.05) is 6.92 Å². The number of nitrogen functional groups attached to an aromatic ring is 1. The molecule has 1 aromatic rings. The van der Waals surface area contributed by atoms with Crippen LogP contribution in [0.5, 0.6) is 0 Å². The van der Waals surface area contributed by atoms with Crippen molar-refractivity contribution in [3.05, 3.63) is 11.5 Å². The summed E-state index contributed by atoms with van der Waals surface area (Å²) >= 11 is 2.41. The van der Waals surface area contributed by atoms with Crippen LogP contribution in [-0.4, -0.2) is 73.4 Å². The molecule has 13 heteroatoms. The Hall–Kier alpha value is -1.34. The van der Waals surface area contributed by atoms with Gasteiger partial charge in [0.2, 0.25) is 11.0 Å². The van der Waals surface area contributed by atoms with Gasteiger partial charge < -0.3 is 21.9 Å². The minimum absolute atomic E-state index is 0. The van der Waals surface area contributed by atoms with E-state index in [1.165, 1.54) is 39.8 Å². The van der Waals surface area contributed by atoms with Gasteiger partial charge in [0.15, 0.2) is 10.0 Å². The third-order valence-electron chi connectivity index (χ3n) is 4.36. The van der Waals surface area contributed by atoms with E-state index < -0.39 is 24.2 Å². The maximum absolute atomic E-state index is 12.4. The van der Waals surface area contributed by atoms with Gasteiger partial charge in [-0.15, -0.1) is 10.2 Å². The second kappa shape index (κ2) is 7.00. The van der Waals surface area contributed by atoms with Gasteiger partial charge in [0.1, 0.15) is 23.9 Å². The van der Waals surface area contributed by atoms with Gasteiger partial charge in [0.05, 0.1) is 12.3 Å². The van der Waals surface area contributed by atoms with Gasteiger partial charge in [-0.3, -0.25) is 14.5 Å². The topological polar surface area (TPSA) is 139 Å². The average Bonchev–Trinajstić information content (AvgIpc) is 3.12. The summed E-state index contributed by atoms with van der Waals surface area (Å²) in [5, 5.41) is 17.4. The fourth-order valence-electron chi connectivity index (χ4n) is 3.39. The molecule has 134 valence electrons. The second-order valence-corrected chi connectivity index (χ2v) is 7.97. The van der Waals surface area contributed by atoms with Crippen molar-refractivity contribution in [3.8, 4) is 0 Å². The summed E-state index contributed by atoms with van der Waals surface area (Å²) in [5.41, 5.74) is 5.36. The molecule has 2 saturated heterocycles. The van der Waals surface area contributed by atoms with Crippen molar-refractivity contribution in [1.29, 1.82) is 0 Å². The second-order valence-electron chi connectivity index (χ2n) is 5.74. The molecule has 10 nitrogen and oxygen atoms in total. The number of carbonyl (C=O) groups is 3. The van der Waals surface area contributed by atoms with Crippen LogP contribution in [0.25, 0.3) is 0 Å². The molecular weight excluding hydrogens is 393 g/mol. The molecule has 0 radical (unpaired) electrons.